The summed E-state index contributed by atoms with van der Waals surface area (Å²) in [6, 6.07) is 19.9. The van der Waals surface area contributed by atoms with Gasteiger partial charge in [-0.25, -0.2) is 8.42 Å². The Kier molecular flexibility index (Phi) is 6.70. The predicted octanol–water partition coefficient (Wildman–Crippen LogP) is 4.90. The molecule has 1 saturated heterocycles. The van der Waals surface area contributed by atoms with Crippen molar-refractivity contribution in [1.29, 1.82) is 0 Å². The van der Waals surface area contributed by atoms with Gasteiger partial charge in [-0.2, -0.15) is 4.31 Å². The van der Waals surface area contributed by atoms with Gasteiger partial charge < -0.3 is 10.1 Å². The zero-order valence-electron chi connectivity index (χ0n) is 17.0. The fraction of sp³-hybridized carbons (Fsp3) is 0.261. The molecule has 1 N–H and O–H groups in total. The minimum absolute atomic E-state index is 0.0971. The number of sulfonamides is 1. The lowest BCUT2D eigenvalue weighted by molar-refractivity contribution is -0.115. The highest BCUT2D eigenvalue weighted by atomic mass is 32.2. The Morgan fingerprint density at radius 3 is 2.42 bits per heavy atom. The van der Waals surface area contributed by atoms with E-state index in [4.69, 9.17) is 4.74 Å². The molecule has 3 aromatic rings. The van der Waals surface area contributed by atoms with E-state index >= 15 is 0 Å². The fourth-order valence-corrected chi connectivity index (χ4v) is 6.48. The number of amides is 1. The first-order valence-electron chi connectivity index (χ1n) is 10.2. The molecular weight excluding hydrogens is 432 g/mol. The Labute approximate surface area is 186 Å². The quantitative estimate of drug-likeness (QED) is 0.549. The maximum Gasteiger partial charge on any atom is 0.252 e. The zero-order valence-corrected chi connectivity index (χ0v) is 18.6. The Hall–Kier alpha value is -2.68. The standard InChI is InChI=1S/C23H24N2O4S2/c26-22(24-20-11-5-6-12-21(20)29-18-9-3-1-4-10-18)17-19-13-14-23(30-19)31(27,28)25-15-7-2-8-16-25/h1,3-6,9-14H,2,7-8,15-17H2,(H,24,26). The van der Waals surface area contributed by atoms with E-state index in [-0.39, 0.29) is 12.3 Å². The second-order valence-corrected chi connectivity index (χ2v) is 10.7. The van der Waals surface area contributed by atoms with Gasteiger partial charge in [0.25, 0.3) is 10.0 Å². The molecular formula is C23H24N2O4S2. The fourth-order valence-electron chi connectivity index (χ4n) is 3.45. The minimum Gasteiger partial charge on any atom is -0.455 e. The Balaban J connectivity index is 1.42. The largest absolute Gasteiger partial charge is 0.455 e. The normalized spacial score (nSPS) is 14.8. The van der Waals surface area contributed by atoms with Crippen LogP contribution >= 0.6 is 11.3 Å². The molecule has 0 atom stereocenters. The van der Waals surface area contributed by atoms with Crippen LogP contribution in [0, 0.1) is 0 Å². The topological polar surface area (TPSA) is 75.7 Å². The Morgan fingerprint density at radius 2 is 1.65 bits per heavy atom. The number of nitrogens with zero attached hydrogens (tertiary/aromatic N) is 1. The van der Waals surface area contributed by atoms with Gasteiger partial charge in [-0.3, -0.25) is 4.79 Å². The van der Waals surface area contributed by atoms with E-state index in [1.165, 1.54) is 0 Å². The Morgan fingerprint density at radius 1 is 0.935 bits per heavy atom. The first-order chi connectivity index (χ1) is 15.0. The van der Waals surface area contributed by atoms with Crippen molar-refractivity contribution in [3.8, 4) is 11.5 Å². The predicted molar refractivity (Wildman–Crippen MR) is 122 cm³/mol. The highest BCUT2D eigenvalue weighted by Crippen LogP contribution is 2.30. The van der Waals surface area contributed by atoms with Crippen molar-refractivity contribution in [3.63, 3.8) is 0 Å². The number of piperidine rings is 1. The minimum atomic E-state index is -3.48. The smallest absolute Gasteiger partial charge is 0.252 e. The highest BCUT2D eigenvalue weighted by molar-refractivity contribution is 7.91. The average molecular weight is 457 g/mol. The summed E-state index contributed by atoms with van der Waals surface area (Å²) in [7, 11) is -3.48. The molecule has 1 aliphatic heterocycles. The van der Waals surface area contributed by atoms with Crippen LogP contribution in [0.25, 0.3) is 0 Å². The summed E-state index contributed by atoms with van der Waals surface area (Å²) < 4.78 is 33.4. The molecule has 1 fully saturated rings. The molecule has 31 heavy (non-hydrogen) atoms. The van der Waals surface area contributed by atoms with Crippen LogP contribution in [-0.2, 0) is 21.2 Å². The van der Waals surface area contributed by atoms with Crippen molar-refractivity contribution in [2.75, 3.05) is 18.4 Å². The number of carbonyl (C=O) groups is 1. The van der Waals surface area contributed by atoms with Gasteiger partial charge in [0.05, 0.1) is 12.1 Å². The van der Waals surface area contributed by atoms with Crippen LogP contribution in [0.2, 0.25) is 0 Å². The number of benzene rings is 2. The van der Waals surface area contributed by atoms with Gasteiger partial charge in [-0.05, 0) is 49.2 Å². The average Bonchev–Trinajstić information content (AvgIpc) is 3.26. The lowest BCUT2D eigenvalue weighted by Crippen LogP contribution is -2.35. The van der Waals surface area contributed by atoms with Crippen LogP contribution in [-0.4, -0.2) is 31.7 Å². The van der Waals surface area contributed by atoms with Crippen molar-refractivity contribution in [1.82, 2.24) is 4.31 Å². The number of rotatable bonds is 7. The van der Waals surface area contributed by atoms with Gasteiger partial charge in [0, 0.05) is 18.0 Å². The van der Waals surface area contributed by atoms with E-state index in [0.29, 0.717) is 39.4 Å². The van der Waals surface area contributed by atoms with E-state index < -0.39 is 10.0 Å². The molecule has 8 heteroatoms. The highest BCUT2D eigenvalue weighted by Gasteiger charge is 2.27. The first kappa shape index (κ1) is 21.5. The SMILES string of the molecule is O=C(Cc1ccc(S(=O)(=O)N2CCCCC2)s1)Nc1ccccc1Oc1ccccc1. The molecule has 0 bridgehead atoms. The van der Waals surface area contributed by atoms with Gasteiger partial charge in [0.15, 0.2) is 5.75 Å². The Bertz CT molecular complexity index is 1140. The molecule has 0 spiro atoms. The first-order valence-corrected chi connectivity index (χ1v) is 12.5. The summed E-state index contributed by atoms with van der Waals surface area (Å²) in [4.78, 5) is 13.3. The number of ether oxygens (including phenoxy) is 1. The molecule has 162 valence electrons. The maximum atomic E-state index is 12.8. The van der Waals surface area contributed by atoms with E-state index in [2.05, 4.69) is 5.32 Å². The monoisotopic (exact) mass is 456 g/mol. The molecule has 2 heterocycles. The molecule has 0 unspecified atom stereocenters. The summed E-state index contributed by atoms with van der Waals surface area (Å²) in [6.07, 6.45) is 2.95. The second kappa shape index (κ2) is 9.64. The van der Waals surface area contributed by atoms with Crippen LogP contribution in [0.15, 0.2) is 70.9 Å². The molecule has 1 amide bonds. The van der Waals surface area contributed by atoms with Crippen LogP contribution in [0.1, 0.15) is 24.1 Å². The molecule has 1 aromatic heterocycles. The maximum absolute atomic E-state index is 12.8. The van der Waals surface area contributed by atoms with Crippen molar-refractivity contribution in [3.05, 3.63) is 71.6 Å². The lowest BCUT2D eigenvalue weighted by Gasteiger charge is -2.25. The van der Waals surface area contributed by atoms with Crippen LogP contribution in [0.3, 0.4) is 0 Å². The molecule has 4 rings (SSSR count). The summed E-state index contributed by atoms with van der Waals surface area (Å²) >= 11 is 1.16. The van der Waals surface area contributed by atoms with E-state index in [9.17, 15) is 13.2 Å². The van der Waals surface area contributed by atoms with Crippen molar-refractivity contribution < 1.29 is 17.9 Å². The third-order valence-corrected chi connectivity index (χ3v) is 8.46. The van der Waals surface area contributed by atoms with Crippen LogP contribution in [0.4, 0.5) is 5.69 Å². The van der Waals surface area contributed by atoms with Crippen molar-refractivity contribution in [2.45, 2.75) is 29.9 Å². The molecule has 0 aliphatic carbocycles. The third-order valence-electron chi connectivity index (χ3n) is 5.01. The second-order valence-electron chi connectivity index (χ2n) is 7.32. The number of para-hydroxylation sites is 3. The van der Waals surface area contributed by atoms with Crippen molar-refractivity contribution in [2.24, 2.45) is 0 Å². The van der Waals surface area contributed by atoms with Crippen LogP contribution < -0.4 is 10.1 Å². The van der Waals surface area contributed by atoms with Crippen LogP contribution in [0.5, 0.6) is 11.5 Å². The van der Waals surface area contributed by atoms with E-state index in [0.717, 1.165) is 30.6 Å². The zero-order chi connectivity index (χ0) is 21.7. The lowest BCUT2D eigenvalue weighted by atomic mass is 10.2. The number of hydrogen-bond acceptors (Lipinski definition) is 5. The summed E-state index contributed by atoms with van der Waals surface area (Å²) in [5, 5.41) is 2.87. The molecule has 2 aromatic carbocycles. The molecule has 1 aliphatic rings. The number of carbonyl (C=O) groups excluding carboxylic acids is 1. The number of hydrogen-bond donors (Lipinski definition) is 1. The summed E-state index contributed by atoms with van der Waals surface area (Å²) in [5.41, 5.74) is 0.564. The van der Waals surface area contributed by atoms with Gasteiger partial charge >= 0.3 is 0 Å². The summed E-state index contributed by atoms with van der Waals surface area (Å²) in [5.74, 6) is 0.990. The van der Waals surface area contributed by atoms with E-state index in [1.54, 1.807) is 28.6 Å². The van der Waals surface area contributed by atoms with E-state index in [1.807, 2.05) is 42.5 Å². The van der Waals surface area contributed by atoms with Gasteiger partial charge in [0.2, 0.25) is 5.91 Å². The van der Waals surface area contributed by atoms with Gasteiger partial charge in [-0.15, -0.1) is 11.3 Å². The van der Waals surface area contributed by atoms with Gasteiger partial charge in [-0.1, -0.05) is 36.8 Å². The summed E-state index contributed by atoms with van der Waals surface area (Å²) in [6.45, 7) is 1.13. The number of thiophene rings is 1. The molecule has 0 saturated carbocycles. The van der Waals surface area contributed by atoms with Crippen molar-refractivity contribution >= 4 is 33.0 Å². The molecule has 0 radical (unpaired) electrons. The number of anilines is 1. The number of nitrogens with one attached hydrogen (secondary N) is 1. The van der Waals surface area contributed by atoms with Gasteiger partial charge in [0.1, 0.15) is 9.96 Å². The molecule has 6 nitrogen and oxygen atoms in total. The third kappa shape index (κ3) is 5.33.